The van der Waals surface area contributed by atoms with Gasteiger partial charge in [0, 0.05) is 6.54 Å². The molecule has 2 N–H and O–H groups in total. The van der Waals surface area contributed by atoms with Crippen LogP contribution in [0.25, 0.3) is 0 Å². The molecule has 1 rings (SSSR count). The van der Waals surface area contributed by atoms with Gasteiger partial charge in [0.2, 0.25) is 0 Å². The second-order valence-electron chi connectivity index (χ2n) is 6.74. The van der Waals surface area contributed by atoms with E-state index >= 15 is 0 Å². The monoisotopic (exact) mass is 265 g/mol. The topological polar surface area (TPSA) is 26.0 Å². The van der Waals surface area contributed by atoms with E-state index in [-0.39, 0.29) is 12.0 Å². The average Bonchev–Trinajstić information content (AvgIpc) is 2.34. The fourth-order valence-electron chi connectivity index (χ4n) is 2.07. The van der Waals surface area contributed by atoms with Crippen LogP contribution in [0.5, 0.6) is 0 Å². The SMILES string of the molecule is CC(C)c1cc(CC[C@H](F)CN)cc(C(C)(C)C)c1. The number of aryl methyl sites for hydroxylation is 1. The molecule has 2 heteroatoms. The summed E-state index contributed by atoms with van der Waals surface area (Å²) in [6.07, 6.45) is 0.393. The molecule has 0 saturated heterocycles. The van der Waals surface area contributed by atoms with Gasteiger partial charge >= 0.3 is 0 Å². The summed E-state index contributed by atoms with van der Waals surface area (Å²) in [6, 6.07) is 6.71. The van der Waals surface area contributed by atoms with Crippen molar-refractivity contribution in [3.8, 4) is 0 Å². The summed E-state index contributed by atoms with van der Waals surface area (Å²) in [7, 11) is 0. The molecule has 0 aliphatic carbocycles. The molecule has 1 aromatic rings. The zero-order valence-corrected chi connectivity index (χ0v) is 13.0. The smallest absolute Gasteiger partial charge is 0.113 e. The minimum Gasteiger partial charge on any atom is -0.328 e. The number of nitrogens with two attached hydrogens (primary N) is 1. The van der Waals surface area contributed by atoms with E-state index in [0.717, 1.165) is 6.42 Å². The lowest BCUT2D eigenvalue weighted by molar-refractivity contribution is 0.322. The Morgan fingerprint density at radius 2 is 1.79 bits per heavy atom. The van der Waals surface area contributed by atoms with Gasteiger partial charge in [-0.2, -0.15) is 0 Å². The molecule has 1 atom stereocenters. The second kappa shape index (κ2) is 6.51. The van der Waals surface area contributed by atoms with Crippen molar-refractivity contribution < 1.29 is 4.39 Å². The van der Waals surface area contributed by atoms with Gasteiger partial charge in [-0.25, -0.2) is 4.39 Å². The van der Waals surface area contributed by atoms with E-state index in [4.69, 9.17) is 5.73 Å². The van der Waals surface area contributed by atoms with E-state index in [1.165, 1.54) is 16.7 Å². The predicted octanol–water partition coefficient (Wildman–Crippen LogP) is 4.34. The molecule has 1 aromatic carbocycles. The molecule has 0 aliphatic rings. The van der Waals surface area contributed by atoms with Crippen molar-refractivity contribution in [3.63, 3.8) is 0 Å². The van der Waals surface area contributed by atoms with Crippen LogP contribution in [0.15, 0.2) is 18.2 Å². The van der Waals surface area contributed by atoms with Gasteiger partial charge in [-0.05, 0) is 40.9 Å². The zero-order chi connectivity index (χ0) is 14.6. The maximum atomic E-state index is 13.3. The third kappa shape index (κ3) is 4.94. The van der Waals surface area contributed by atoms with Gasteiger partial charge in [-0.1, -0.05) is 52.8 Å². The first-order valence-corrected chi connectivity index (χ1v) is 7.22. The predicted molar refractivity (Wildman–Crippen MR) is 81.5 cm³/mol. The van der Waals surface area contributed by atoms with Crippen molar-refractivity contribution in [2.45, 2.75) is 65.0 Å². The number of alkyl halides is 1. The molecule has 0 aliphatic heterocycles. The van der Waals surface area contributed by atoms with Crippen LogP contribution >= 0.6 is 0 Å². The Morgan fingerprint density at radius 1 is 1.16 bits per heavy atom. The van der Waals surface area contributed by atoms with Gasteiger partial charge in [-0.15, -0.1) is 0 Å². The second-order valence-corrected chi connectivity index (χ2v) is 6.74. The first kappa shape index (κ1) is 16.2. The number of benzene rings is 1. The highest BCUT2D eigenvalue weighted by Crippen LogP contribution is 2.28. The minimum absolute atomic E-state index is 0.121. The molecule has 0 spiro atoms. The molecule has 0 amide bonds. The third-order valence-corrected chi connectivity index (χ3v) is 3.55. The van der Waals surface area contributed by atoms with Crippen molar-refractivity contribution >= 4 is 0 Å². The van der Waals surface area contributed by atoms with Crippen molar-refractivity contribution in [1.82, 2.24) is 0 Å². The molecule has 0 unspecified atom stereocenters. The lowest BCUT2D eigenvalue weighted by Gasteiger charge is -2.22. The Labute approximate surface area is 117 Å². The average molecular weight is 265 g/mol. The summed E-state index contributed by atoms with van der Waals surface area (Å²) in [6.45, 7) is 11.2. The van der Waals surface area contributed by atoms with Gasteiger partial charge in [0.25, 0.3) is 0 Å². The van der Waals surface area contributed by atoms with Crippen molar-refractivity contribution in [2.24, 2.45) is 5.73 Å². The number of rotatable bonds is 5. The Kier molecular flexibility index (Phi) is 5.54. The van der Waals surface area contributed by atoms with Gasteiger partial charge in [0.1, 0.15) is 6.17 Å². The van der Waals surface area contributed by atoms with Crippen LogP contribution in [-0.4, -0.2) is 12.7 Å². The van der Waals surface area contributed by atoms with Crippen LogP contribution < -0.4 is 5.73 Å². The molecular formula is C17H28FN. The first-order valence-electron chi connectivity index (χ1n) is 7.22. The summed E-state index contributed by atoms with van der Waals surface area (Å²) in [5.41, 5.74) is 9.36. The molecule has 0 bridgehead atoms. The maximum absolute atomic E-state index is 13.3. The van der Waals surface area contributed by atoms with Crippen LogP contribution in [0, 0.1) is 0 Å². The normalized spacial score (nSPS) is 13.9. The molecule has 19 heavy (non-hydrogen) atoms. The fraction of sp³-hybridized carbons (Fsp3) is 0.647. The summed E-state index contributed by atoms with van der Waals surface area (Å²) in [5, 5.41) is 0. The number of hydrogen-bond donors (Lipinski definition) is 1. The van der Waals surface area contributed by atoms with E-state index in [2.05, 4.69) is 52.8 Å². The highest BCUT2D eigenvalue weighted by Gasteiger charge is 2.16. The Balaban J connectivity index is 3.00. The van der Waals surface area contributed by atoms with Crippen molar-refractivity contribution in [2.75, 3.05) is 6.54 Å². The molecule has 108 valence electrons. The van der Waals surface area contributed by atoms with Gasteiger partial charge < -0.3 is 5.73 Å². The highest BCUT2D eigenvalue weighted by atomic mass is 19.1. The van der Waals surface area contributed by atoms with E-state index < -0.39 is 6.17 Å². The molecule has 0 heterocycles. The Hall–Kier alpha value is -0.890. The minimum atomic E-state index is -0.888. The van der Waals surface area contributed by atoms with E-state index in [9.17, 15) is 4.39 Å². The van der Waals surface area contributed by atoms with Gasteiger partial charge in [0.05, 0.1) is 0 Å². The first-order chi connectivity index (χ1) is 8.74. The summed E-state index contributed by atoms with van der Waals surface area (Å²) in [5.74, 6) is 0.497. The lowest BCUT2D eigenvalue weighted by Crippen LogP contribution is -2.16. The lowest BCUT2D eigenvalue weighted by atomic mass is 9.83. The molecule has 1 nitrogen and oxygen atoms in total. The molecule has 0 aromatic heterocycles. The summed E-state index contributed by atoms with van der Waals surface area (Å²) >= 11 is 0. The van der Waals surface area contributed by atoms with E-state index in [0.29, 0.717) is 12.3 Å². The van der Waals surface area contributed by atoms with Crippen LogP contribution in [0.2, 0.25) is 0 Å². The van der Waals surface area contributed by atoms with E-state index in [1.54, 1.807) is 0 Å². The van der Waals surface area contributed by atoms with E-state index in [1.807, 2.05) is 0 Å². The number of hydrogen-bond acceptors (Lipinski definition) is 1. The highest BCUT2D eigenvalue weighted by molar-refractivity contribution is 5.35. The quantitative estimate of drug-likeness (QED) is 0.842. The number of halogens is 1. The van der Waals surface area contributed by atoms with Gasteiger partial charge in [-0.3, -0.25) is 0 Å². The molecule has 0 radical (unpaired) electrons. The van der Waals surface area contributed by atoms with Crippen LogP contribution in [0.1, 0.15) is 63.6 Å². The van der Waals surface area contributed by atoms with Crippen LogP contribution in [-0.2, 0) is 11.8 Å². The zero-order valence-electron chi connectivity index (χ0n) is 13.0. The Bertz CT molecular complexity index is 404. The maximum Gasteiger partial charge on any atom is 0.113 e. The van der Waals surface area contributed by atoms with Crippen LogP contribution in [0.3, 0.4) is 0 Å². The largest absolute Gasteiger partial charge is 0.328 e. The van der Waals surface area contributed by atoms with Crippen molar-refractivity contribution in [3.05, 3.63) is 34.9 Å². The van der Waals surface area contributed by atoms with Crippen LogP contribution in [0.4, 0.5) is 4.39 Å². The fourth-order valence-corrected chi connectivity index (χ4v) is 2.07. The van der Waals surface area contributed by atoms with Crippen molar-refractivity contribution in [1.29, 1.82) is 0 Å². The summed E-state index contributed by atoms with van der Waals surface area (Å²) < 4.78 is 13.3. The Morgan fingerprint density at radius 3 is 2.26 bits per heavy atom. The molecule has 0 saturated carbocycles. The molecular weight excluding hydrogens is 237 g/mol. The standard InChI is InChI=1S/C17H28FN/c1-12(2)14-8-13(6-7-16(18)11-19)9-15(10-14)17(3,4)5/h8-10,12,16H,6-7,11,19H2,1-5H3/t16-/m0/s1. The van der Waals surface area contributed by atoms with Gasteiger partial charge in [0.15, 0.2) is 0 Å². The summed E-state index contributed by atoms with van der Waals surface area (Å²) in [4.78, 5) is 0. The third-order valence-electron chi connectivity index (χ3n) is 3.55. The molecule has 0 fully saturated rings.